The van der Waals surface area contributed by atoms with E-state index in [0.29, 0.717) is 11.3 Å². The summed E-state index contributed by atoms with van der Waals surface area (Å²) in [5.74, 6) is 2.32. The van der Waals surface area contributed by atoms with Gasteiger partial charge in [0.15, 0.2) is 0 Å². The smallest absolute Gasteiger partial charge is 0.345 e. The molecule has 0 spiro atoms. The third-order valence-electron chi connectivity index (χ3n) is 2.97. The van der Waals surface area contributed by atoms with Gasteiger partial charge in [-0.05, 0) is 17.7 Å². The molecule has 0 bridgehead atoms. The second kappa shape index (κ2) is 6.47. The summed E-state index contributed by atoms with van der Waals surface area (Å²) in [4.78, 5) is 12.2. The lowest BCUT2D eigenvalue weighted by atomic mass is 10.0. The fourth-order valence-electron chi connectivity index (χ4n) is 2.07. The fraction of sp³-hybridized carbons (Fsp3) is 0.316. The molecule has 1 aliphatic heterocycles. The van der Waals surface area contributed by atoms with E-state index in [0.717, 1.165) is 5.56 Å². The van der Waals surface area contributed by atoms with E-state index in [1.165, 1.54) is 0 Å². The first-order valence-electron chi connectivity index (χ1n) is 7.59. The van der Waals surface area contributed by atoms with Gasteiger partial charge in [0.25, 0.3) is 0 Å². The SMILES string of the molecule is CC1(C)OC(=O)c2c(/C=C/C=C/C#C[Si](C)(C)C)cccc2O1. The molecule has 0 saturated heterocycles. The second-order valence-corrected chi connectivity index (χ2v) is 11.6. The third-order valence-corrected chi connectivity index (χ3v) is 3.86. The highest BCUT2D eigenvalue weighted by molar-refractivity contribution is 6.83. The average molecular weight is 326 g/mol. The Bertz CT molecular complexity index is 725. The third kappa shape index (κ3) is 4.87. The Hall–Kier alpha value is -2.25. The summed E-state index contributed by atoms with van der Waals surface area (Å²) in [5, 5.41) is 0. The van der Waals surface area contributed by atoms with E-state index in [1.54, 1.807) is 19.9 Å². The van der Waals surface area contributed by atoms with Crippen molar-refractivity contribution in [2.75, 3.05) is 0 Å². The van der Waals surface area contributed by atoms with Gasteiger partial charge < -0.3 is 9.47 Å². The zero-order valence-corrected chi connectivity index (χ0v) is 15.3. The van der Waals surface area contributed by atoms with Crippen LogP contribution in [0, 0.1) is 11.5 Å². The molecule has 0 unspecified atom stereocenters. The zero-order chi connectivity index (χ0) is 17.1. The van der Waals surface area contributed by atoms with Crippen LogP contribution in [-0.2, 0) is 4.74 Å². The minimum absolute atomic E-state index is 0.362. The Kier molecular flexibility index (Phi) is 4.81. The molecule has 3 nitrogen and oxygen atoms in total. The fourth-order valence-corrected chi connectivity index (χ4v) is 2.59. The van der Waals surface area contributed by atoms with Crippen molar-refractivity contribution in [1.29, 1.82) is 0 Å². The van der Waals surface area contributed by atoms with E-state index in [9.17, 15) is 4.79 Å². The highest BCUT2D eigenvalue weighted by Gasteiger charge is 2.34. The molecule has 0 amide bonds. The highest BCUT2D eigenvalue weighted by atomic mass is 28.3. The molecule has 23 heavy (non-hydrogen) atoms. The number of allylic oxidation sites excluding steroid dienone is 3. The number of fused-ring (bicyclic) bond motifs is 1. The minimum atomic E-state index is -1.34. The van der Waals surface area contributed by atoms with Crippen LogP contribution in [0.25, 0.3) is 6.08 Å². The average Bonchev–Trinajstić information content (AvgIpc) is 2.39. The Morgan fingerprint density at radius 3 is 2.57 bits per heavy atom. The van der Waals surface area contributed by atoms with Crippen LogP contribution >= 0.6 is 0 Å². The monoisotopic (exact) mass is 326 g/mol. The maximum absolute atomic E-state index is 12.2. The van der Waals surface area contributed by atoms with Crippen LogP contribution in [0.5, 0.6) is 5.75 Å². The summed E-state index contributed by atoms with van der Waals surface area (Å²) in [7, 11) is -1.34. The van der Waals surface area contributed by atoms with Crippen molar-refractivity contribution in [3.05, 3.63) is 47.6 Å². The molecule has 1 aliphatic rings. The first-order valence-corrected chi connectivity index (χ1v) is 11.1. The van der Waals surface area contributed by atoms with E-state index < -0.39 is 13.9 Å². The van der Waals surface area contributed by atoms with Crippen LogP contribution in [0.4, 0.5) is 0 Å². The first-order chi connectivity index (χ1) is 10.7. The van der Waals surface area contributed by atoms with Gasteiger partial charge in [-0.25, -0.2) is 4.79 Å². The maximum atomic E-state index is 12.2. The van der Waals surface area contributed by atoms with Crippen LogP contribution in [0.3, 0.4) is 0 Å². The predicted octanol–water partition coefficient (Wildman–Crippen LogP) is 4.42. The largest absolute Gasteiger partial charge is 0.452 e. The molecule has 1 aromatic rings. The van der Waals surface area contributed by atoms with Crippen molar-refractivity contribution in [3.63, 3.8) is 0 Å². The molecule has 4 heteroatoms. The molecule has 0 atom stereocenters. The minimum Gasteiger partial charge on any atom is -0.452 e. The lowest BCUT2D eigenvalue weighted by molar-refractivity contribution is -0.127. The van der Waals surface area contributed by atoms with Gasteiger partial charge in [-0.2, -0.15) is 0 Å². The molecular weight excluding hydrogens is 304 g/mol. The van der Waals surface area contributed by atoms with E-state index in [2.05, 4.69) is 31.1 Å². The molecule has 0 fully saturated rings. The lowest BCUT2D eigenvalue weighted by Gasteiger charge is -2.32. The summed E-state index contributed by atoms with van der Waals surface area (Å²) in [5.41, 5.74) is 4.49. The molecule has 1 heterocycles. The number of carbonyl (C=O) groups is 1. The van der Waals surface area contributed by atoms with Crippen LogP contribution in [0.2, 0.25) is 19.6 Å². The topological polar surface area (TPSA) is 35.5 Å². The summed E-state index contributed by atoms with van der Waals surface area (Å²) in [6.45, 7) is 10.0. The lowest BCUT2D eigenvalue weighted by Crippen LogP contribution is -2.39. The second-order valence-electron chi connectivity index (χ2n) is 6.85. The van der Waals surface area contributed by atoms with Crippen molar-refractivity contribution in [3.8, 4) is 17.2 Å². The van der Waals surface area contributed by atoms with Crippen molar-refractivity contribution < 1.29 is 14.3 Å². The molecule has 120 valence electrons. The molecule has 0 aliphatic carbocycles. The number of hydrogen-bond donors (Lipinski definition) is 0. The first kappa shape index (κ1) is 17.1. The van der Waals surface area contributed by atoms with Gasteiger partial charge in [-0.15, -0.1) is 5.54 Å². The molecule has 1 aromatic carbocycles. The maximum Gasteiger partial charge on any atom is 0.345 e. The normalized spacial score (nSPS) is 16.5. The van der Waals surface area contributed by atoms with E-state index in [1.807, 2.05) is 36.4 Å². The predicted molar refractivity (Wildman–Crippen MR) is 95.9 cm³/mol. The van der Waals surface area contributed by atoms with Crippen molar-refractivity contribution in [2.45, 2.75) is 39.3 Å². The Morgan fingerprint density at radius 2 is 1.87 bits per heavy atom. The molecular formula is C19H22O3Si. The van der Waals surface area contributed by atoms with Crippen molar-refractivity contribution in [1.82, 2.24) is 0 Å². The van der Waals surface area contributed by atoms with Crippen LogP contribution in [0.15, 0.2) is 36.4 Å². The van der Waals surface area contributed by atoms with E-state index in [4.69, 9.17) is 9.47 Å². The van der Waals surface area contributed by atoms with Gasteiger partial charge in [-0.1, -0.05) is 55.9 Å². The quantitative estimate of drug-likeness (QED) is 0.349. The summed E-state index contributed by atoms with van der Waals surface area (Å²) >= 11 is 0. The Balaban J connectivity index is 2.19. The standard InChI is InChI=1S/C19H22O3Si/c1-19(2)21-16-13-10-12-15(17(16)18(20)22-19)11-8-6-7-9-14-23(3,4)5/h6-8,10-13H,1-5H3/b7-6+,11-8+. The van der Waals surface area contributed by atoms with Crippen LogP contribution in [0.1, 0.15) is 29.8 Å². The summed E-state index contributed by atoms with van der Waals surface area (Å²) in [6, 6.07) is 5.51. The highest BCUT2D eigenvalue weighted by Crippen LogP contribution is 2.33. The number of hydrogen-bond acceptors (Lipinski definition) is 3. The van der Waals surface area contributed by atoms with Crippen LogP contribution < -0.4 is 4.74 Å². The molecule has 2 rings (SSSR count). The summed E-state index contributed by atoms with van der Waals surface area (Å²) < 4.78 is 11.0. The van der Waals surface area contributed by atoms with Gasteiger partial charge in [0.2, 0.25) is 5.79 Å². The number of rotatable bonds is 2. The molecule has 0 N–H and O–H groups in total. The number of esters is 1. The number of cyclic esters (lactones) is 1. The number of benzene rings is 1. The van der Waals surface area contributed by atoms with Crippen molar-refractivity contribution in [2.24, 2.45) is 0 Å². The van der Waals surface area contributed by atoms with Gasteiger partial charge in [-0.3, -0.25) is 0 Å². The Labute approximate surface area is 139 Å². The molecule has 0 saturated carbocycles. The van der Waals surface area contributed by atoms with Crippen LogP contribution in [-0.4, -0.2) is 19.8 Å². The molecule has 0 aromatic heterocycles. The summed E-state index contributed by atoms with van der Waals surface area (Å²) in [6.07, 6.45) is 7.41. The number of ether oxygens (including phenoxy) is 2. The zero-order valence-electron chi connectivity index (χ0n) is 14.3. The van der Waals surface area contributed by atoms with Gasteiger partial charge >= 0.3 is 5.97 Å². The van der Waals surface area contributed by atoms with Gasteiger partial charge in [0.1, 0.15) is 19.4 Å². The van der Waals surface area contributed by atoms with E-state index >= 15 is 0 Å². The molecule has 0 radical (unpaired) electrons. The van der Waals surface area contributed by atoms with Gasteiger partial charge in [0.05, 0.1) is 0 Å². The number of carbonyl (C=O) groups excluding carboxylic acids is 1. The van der Waals surface area contributed by atoms with Crippen molar-refractivity contribution >= 4 is 20.1 Å². The Morgan fingerprint density at radius 1 is 1.13 bits per heavy atom. The van der Waals surface area contributed by atoms with E-state index in [-0.39, 0.29) is 5.97 Å². The van der Waals surface area contributed by atoms with Gasteiger partial charge in [0, 0.05) is 13.8 Å².